The molecule has 16 heavy (non-hydrogen) atoms. The first-order chi connectivity index (χ1) is 7.63. The molecule has 0 saturated carbocycles. The number of hydrogen-bond acceptors (Lipinski definition) is 3. The van der Waals surface area contributed by atoms with Gasteiger partial charge in [0.15, 0.2) is 0 Å². The first-order valence-electron chi connectivity index (χ1n) is 4.46. The van der Waals surface area contributed by atoms with Crippen LogP contribution in [0.3, 0.4) is 0 Å². The van der Waals surface area contributed by atoms with Crippen LogP contribution < -0.4 is 9.57 Å². The SMILES string of the molecule is CO[n+]1cc(Br)c2c([N+](=O)[O-])cccc2c1. The van der Waals surface area contributed by atoms with Crippen LogP contribution in [-0.2, 0) is 0 Å². The molecule has 0 spiro atoms. The lowest BCUT2D eigenvalue weighted by atomic mass is 10.1. The van der Waals surface area contributed by atoms with E-state index in [-0.39, 0.29) is 5.69 Å². The second-order valence-corrected chi connectivity index (χ2v) is 4.00. The Morgan fingerprint density at radius 3 is 2.81 bits per heavy atom. The largest absolute Gasteiger partial charge is 0.278 e. The highest BCUT2D eigenvalue weighted by Gasteiger charge is 2.18. The van der Waals surface area contributed by atoms with Crippen LogP contribution in [0.15, 0.2) is 35.1 Å². The lowest BCUT2D eigenvalue weighted by molar-refractivity contribution is -0.885. The van der Waals surface area contributed by atoms with E-state index in [9.17, 15) is 10.1 Å². The van der Waals surface area contributed by atoms with Gasteiger partial charge in [-0.15, -0.1) is 0 Å². The molecule has 1 heterocycles. The van der Waals surface area contributed by atoms with E-state index in [0.717, 1.165) is 5.39 Å². The van der Waals surface area contributed by atoms with E-state index in [1.54, 1.807) is 24.5 Å². The highest BCUT2D eigenvalue weighted by Crippen LogP contribution is 2.30. The number of nitro groups is 1. The van der Waals surface area contributed by atoms with Gasteiger partial charge in [-0.05, 0) is 22.0 Å². The quantitative estimate of drug-likeness (QED) is 0.480. The molecule has 0 bridgehead atoms. The molecule has 0 atom stereocenters. The van der Waals surface area contributed by atoms with Gasteiger partial charge >= 0.3 is 0 Å². The van der Waals surface area contributed by atoms with Crippen LogP contribution in [-0.4, -0.2) is 12.0 Å². The summed E-state index contributed by atoms with van der Waals surface area (Å²) in [5, 5.41) is 12.2. The molecule has 2 aromatic rings. The molecule has 0 radical (unpaired) electrons. The molecule has 82 valence electrons. The summed E-state index contributed by atoms with van der Waals surface area (Å²) in [6.07, 6.45) is 3.32. The second-order valence-electron chi connectivity index (χ2n) is 3.15. The summed E-state index contributed by atoms with van der Waals surface area (Å²) in [6, 6.07) is 4.92. The Morgan fingerprint density at radius 2 is 2.19 bits per heavy atom. The summed E-state index contributed by atoms with van der Waals surface area (Å²) in [5.74, 6) is 0. The van der Waals surface area contributed by atoms with Crippen LogP contribution in [0.2, 0.25) is 0 Å². The van der Waals surface area contributed by atoms with Gasteiger partial charge in [0.1, 0.15) is 11.6 Å². The maximum Gasteiger partial charge on any atom is 0.278 e. The maximum atomic E-state index is 10.9. The number of halogens is 1. The molecule has 2 rings (SSSR count). The van der Waals surface area contributed by atoms with Crippen molar-refractivity contribution in [2.45, 2.75) is 0 Å². The molecule has 5 nitrogen and oxygen atoms in total. The number of aromatic nitrogens is 1. The smallest absolute Gasteiger partial charge is 0.275 e. The maximum absolute atomic E-state index is 10.9. The van der Waals surface area contributed by atoms with Crippen molar-refractivity contribution in [1.29, 1.82) is 0 Å². The fourth-order valence-electron chi connectivity index (χ4n) is 1.53. The van der Waals surface area contributed by atoms with Crippen LogP contribution in [0.4, 0.5) is 5.69 Å². The van der Waals surface area contributed by atoms with Gasteiger partial charge in [-0.3, -0.25) is 15.0 Å². The van der Waals surface area contributed by atoms with E-state index in [2.05, 4.69) is 15.9 Å². The summed E-state index contributed by atoms with van der Waals surface area (Å²) in [7, 11) is 1.52. The Labute approximate surface area is 99.5 Å². The third-order valence-corrected chi connectivity index (χ3v) is 2.83. The monoisotopic (exact) mass is 283 g/mol. The zero-order valence-corrected chi connectivity index (χ0v) is 9.97. The fourth-order valence-corrected chi connectivity index (χ4v) is 2.17. The molecule has 1 aromatic heterocycles. The number of pyridine rings is 1. The van der Waals surface area contributed by atoms with Gasteiger partial charge in [0.05, 0.1) is 15.7 Å². The molecule has 6 heteroatoms. The van der Waals surface area contributed by atoms with Crippen molar-refractivity contribution in [3.05, 3.63) is 45.2 Å². The lowest BCUT2D eigenvalue weighted by Crippen LogP contribution is -2.39. The number of hydrogen-bond donors (Lipinski definition) is 0. The number of nitro benzene ring substituents is 1. The molecular weight excluding hydrogens is 276 g/mol. The van der Waals surface area contributed by atoms with E-state index >= 15 is 0 Å². The predicted octanol–water partition coefficient (Wildman–Crippen LogP) is 1.86. The normalized spacial score (nSPS) is 10.4. The summed E-state index contributed by atoms with van der Waals surface area (Å²) in [5.41, 5.74) is 0.0765. The first-order valence-corrected chi connectivity index (χ1v) is 5.25. The van der Waals surface area contributed by atoms with Gasteiger partial charge < -0.3 is 0 Å². The summed E-state index contributed by atoms with van der Waals surface area (Å²) < 4.78 is 2.11. The van der Waals surface area contributed by atoms with Gasteiger partial charge in [0.25, 0.3) is 5.69 Å². The lowest BCUT2D eigenvalue weighted by Gasteiger charge is -2.00. The summed E-state index contributed by atoms with van der Waals surface area (Å²) >= 11 is 3.30. The minimum Gasteiger partial charge on any atom is -0.275 e. The molecule has 0 aliphatic carbocycles. The number of benzene rings is 1. The third-order valence-electron chi connectivity index (χ3n) is 2.23. The Morgan fingerprint density at radius 1 is 1.44 bits per heavy atom. The minimum absolute atomic E-state index is 0.0765. The average molecular weight is 284 g/mol. The van der Waals surface area contributed by atoms with Crippen LogP contribution in [0, 0.1) is 10.1 Å². The van der Waals surface area contributed by atoms with E-state index in [1.165, 1.54) is 17.9 Å². The zero-order valence-electron chi connectivity index (χ0n) is 8.38. The van der Waals surface area contributed by atoms with Crippen molar-refractivity contribution < 1.29 is 14.5 Å². The van der Waals surface area contributed by atoms with Crippen molar-refractivity contribution >= 4 is 32.4 Å². The topological polar surface area (TPSA) is 56.2 Å². The minimum atomic E-state index is -0.399. The predicted molar refractivity (Wildman–Crippen MR) is 61.0 cm³/mol. The Kier molecular flexibility index (Phi) is 2.74. The molecular formula is C10H8BrN2O3+. The van der Waals surface area contributed by atoms with E-state index < -0.39 is 4.92 Å². The van der Waals surface area contributed by atoms with Crippen molar-refractivity contribution in [3.8, 4) is 0 Å². The standard InChI is InChI=1S/C10H8BrN2O3/c1-16-12-5-7-3-2-4-9(13(14)15)10(7)8(11)6-12/h2-6H,1H3/q+1. The van der Waals surface area contributed by atoms with Gasteiger partial charge in [-0.2, -0.15) is 0 Å². The van der Waals surface area contributed by atoms with Gasteiger partial charge in [0.2, 0.25) is 12.4 Å². The van der Waals surface area contributed by atoms with Crippen molar-refractivity contribution in [1.82, 2.24) is 0 Å². The van der Waals surface area contributed by atoms with Gasteiger partial charge in [-0.1, -0.05) is 6.07 Å². The molecule has 0 amide bonds. The number of fused-ring (bicyclic) bond motifs is 1. The number of non-ortho nitro benzene ring substituents is 1. The molecule has 1 aromatic carbocycles. The number of rotatable bonds is 2. The van der Waals surface area contributed by atoms with E-state index in [1.807, 2.05) is 0 Å². The number of nitrogens with zero attached hydrogens (tertiary/aromatic N) is 2. The highest BCUT2D eigenvalue weighted by atomic mass is 79.9. The van der Waals surface area contributed by atoms with Gasteiger partial charge in [0, 0.05) is 10.8 Å². The summed E-state index contributed by atoms with van der Waals surface area (Å²) in [6.45, 7) is 0. The highest BCUT2D eigenvalue weighted by molar-refractivity contribution is 9.10. The van der Waals surface area contributed by atoms with Crippen LogP contribution in [0.5, 0.6) is 0 Å². The average Bonchev–Trinajstić information content (AvgIpc) is 2.27. The molecule has 0 N–H and O–H groups in total. The molecule has 0 aliphatic heterocycles. The van der Waals surface area contributed by atoms with E-state index in [4.69, 9.17) is 4.84 Å². The van der Waals surface area contributed by atoms with Crippen LogP contribution >= 0.6 is 15.9 Å². The summed E-state index contributed by atoms with van der Waals surface area (Å²) in [4.78, 5) is 15.5. The first kappa shape index (κ1) is 10.8. The van der Waals surface area contributed by atoms with Crippen LogP contribution in [0.25, 0.3) is 10.8 Å². The molecule has 0 fully saturated rings. The molecule has 0 unspecified atom stereocenters. The fraction of sp³-hybridized carbons (Fsp3) is 0.100. The Balaban J connectivity index is 2.83. The van der Waals surface area contributed by atoms with Crippen molar-refractivity contribution in [2.75, 3.05) is 7.11 Å². The second kappa shape index (κ2) is 4.05. The van der Waals surface area contributed by atoms with Gasteiger partial charge in [-0.25, -0.2) is 0 Å². The van der Waals surface area contributed by atoms with Crippen molar-refractivity contribution in [3.63, 3.8) is 0 Å². The third kappa shape index (κ3) is 1.71. The van der Waals surface area contributed by atoms with E-state index in [0.29, 0.717) is 9.86 Å². The Hall–Kier alpha value is -1.69. The molecule has 0 saturated heterocycles. The zero-order chi connectivity index (χ0) is 11.7. The van der Waals surface area contributed by atoms with Crippen molar-refractivity contribution in [2.24, 2.45) is 0 Å². The molecule has 0 aliphatic rings. The Bertz CT molecular complexity index is 571. The van der Waals surface area contributed by atoms with Crippen LogP contribution in [0.1, 0.15) is 0 Å².